The van der Waals surface area contributed by atoms with Gasteiger partial charge in [-0.05, 0) is 24.3 Å². The number of nitrogens with zero attached hydrogens (tertiary/aromatic N) is 2. The summed E-state index contributed by atoms with van der Waals surface area (Å²) in [5, 5.41) is 22.4. The van der Waals surface area contributed by atoms with Crippen LogP contribution in [0.15, 0.2) is 36.4 Å². The second-order valence-electron chi connectivity index (χ2n) is 3.84. The van der Waals surface area contributed by atoms with Gasteiger partial charge in [-0.25, -0.2) is 0 Å². The van der Waals surface area contributed by atoms with Crippen LogP contribution in [0.5, 0.6) is 0 Å². The highest BCUT2D eigenvalue weighted by Gasteiger charge is 2.23. The molecule has 0 bridgehead atoms. The third kappa shape index (κ3) is 2.71. The molecule has 0 saturated carbocycles. The Morgan fingerprint density at radius 2 is 1.10 bits per heavy atom. The molecule has 0 heterocycles. The number of hydrogen-bond donors (Lipinski definition) is 0. The lowest BCUT2D eigenvalue weighted by molar-refractivity contribution is -0.386. The fraction of sp³-hybridized carbons (Fsp3) is 0. The number of nitro benzene ring substituents is 2. The summed E-state index contributed by atoms with van der Waals surface area (Å²) >= 11 is 11.4. The minimum Gasteiger partial charge on any atom is -0.258 e. The van der Waals surface area contributed by atoms with E-state index in [2.05, 4.69) is 0 Å². The van der Waals surface area contributed by atoms with Crippen LogP contribution in [0.1, 0.15) is 0 Å². The standard InChI is InChI=1S/C12H6Cl2N2O4/c13-7-1-3-9(11(5-7)15(17)18)10-4-2-8(14)6-12(10)16(19)20/h1-6H. The minimum absolute atomic E-state index is 0.114. The van der Waals surface area contributed by atoms with E-state index in [0.29, 0.717) is 0 Å². The van der Waals surface area contributed by atoms with Gasteiger partial charge in [-0.2, -0.15) is 0 Å². The summed E-state index contributed by atoms with van der Waals surface area (Å²) in [6.45, 7) is 0. The summed E-state index contributed by atoms with van der Waals surface area (Å²) in [5.74, 6) is 0. The van der Waals surface area contributed by atoms with Crippen molar-refractivity contribution in [1.29, 1.82) is 0 Å². The molecule has 0 radical (unpaired) electrons. The molecular weight excluding hydrogens is 307 g/mol. The summed E-state index contributed by atoms with van der Waals surface area (Å²) < 4.78 is 0. The van der Waals surface area contributed by atoms with Crippen LogP contribution in [0, 0.1) is 20.2 Å². The van der Waals surface area contributed by atoms with Gasteiger partial charge < -0.3 is 0 Å². The molecular formula is C12H6Cl2N2O4. The topological polar surface area (TPSA) is 86.3 Å². The fourth-order valence-electron chi connectivity index (χ4n) is 1.77. The maximum Gasteiger partial charge on any atom is 0.278 e. The van der Waals surface area contributed by atoms with Gasteiger partial charge >= 0.3 is 0 Å². The molecule has 0 saturated heterocycles. The van der Waals surface area contributed by atoms with Gasteiger partial charge in [0.15, 0.2) is 0 Å². The lowest BCUT2D eigenvalue weighted by Crippen LogP contribution is -1.96. The van der Waals surface area contributed by atoms with Gasteiger partial charge in [0, 0.05) is 22.2 Å². The van der Waals surface area contributed by atoms with Crippen LogP contribution in [-0.2, 0) is 0 Å². The predicted octanol–water partition coefficient (Wildman–Crippen LogP) is 4.48. The van der Waals surface area contributed by atoms with Crippen molar-refractivity contribution in [3.8, 4) is 11.1 Å². The van der Waals surface area contributed by atoms with Gasteiger partial charge in [-0.15, -0.1) is 0 Å². The molecule has 6 nitrogen and oxygen atoms in total. The number of benzene rings is 2. The van der Waals surface area contributed by atoms with Gasteiger partial charge in [0.05, 0.1) is 21.0 Å². The van der Waals surface area contributed by atoms with Crippen molar-refractivity contribution >= 4 is 34.6 Å². The van der Waals surface area contributed by atoms with E-state index < -0.39 is 9.85 Å². The highest BCUT2D eigenvalue weighted by Crippen LogP contribution is 2.38. The number of hydrogen-bond acceptors (Lipinski definition) is 4. The van der Waals surface area contributed by atoms with Crippen LogP contribution in [0.2, 0.25) is 10.0 Å². The summed E-state index contributed by atoms with van der Waals surface area (Å²) in [7, 11) is 0. The van der Waals surface area contributed by atoms with Crippen molar-refractivity contribution in [1.82, 2.24) is 0 Å². The van der Waals surface area contributed by atoms with Crippen LogP contribution in [-0.4, -0.2) is 9.85 Å². The maximum absolute atomic E-state index is 11.0. The first kappa shape index (κ1) is 14.2. The lowest BCUT2D eigenvalue weighted by Gasteiger charge is -2.05. The molecule has 102 valence electrons. The van der Waals surface area contributed by atoms with Crippen molar-refractivity contribution < 1.29 is 9.85 Å². The Hall–Kier alpha value is -2.18. The van der Waals surface area contributed by atoms with E-state index in [0.717, 1.165) is 12.1 Å². The van der Waals surface area contributed by atoms with Crippen molar-refractivity contribution in [2.45, 2.75) is 0 Å². The van der Waals surface area contributed by atoms with Gasteiger partial charge in [0.2, 0.25) is 0 Å². The van der Waals surface area contributed by atoms with Crippen LogP contribution in [0.25, 0.3) is 11.1 Å². The van der Waals surface area contributed by atoms with Gasteiger partial charge in [0.1, 0.15) is 0 Å². The van der Waals surface area contributed by atoms with E-state index in [1.165, 1.54) is 24.3 Å². The molecule has 0 amide bonds. The van der Waals surface area contributed by atoms with Crippen molar-refractivity contribution in [2.75, 3.05) is 0 Å². The molecule has 0 aliphatic heterocycles. The highest BCUT2D eigenvalue weighted by atomic mass is 35.5. The Labute approximate surface area is 122 Å². The van der Waals surface area contributed by atoms with Gasteiger partial charge in [-0.3, -0.25) is 20.2 Å². The van der Waals surface area contributed by atoms with Crippen LogP contribution >= 0.6 is 23.2 Å². The largest absolute Gasteiger partial charge is 0.278 e. The number of nitro groups is 2. The first-order valence-electron chi connectivity index (χ1n) is 5.28. The van der Waals surface area contributed by atoms with E-state index in [1.54, 1.807) is 0 Å². The SMILES string of the molecule is O=[N+]([O-])c1cc(Cl)ccc1-c1ccc(Cl)cc1[N+](=O)[O-]. The molecule has 0 aliphatic rings. The normalized spacial score (nSPS) is 10.3. The molecule has 20 heavy (non-hydrogen) atoms. The summed E-state index contributed by atoms with van der Waals surface area (Å²) in [6, 6.07) is 7.91. The summed E-state index contributed by atoms with van der Waals surface area (Å²) in [6.07, 6.45) is 0. The first-order chi connectivity index (χ1) is 9.40. The third-order valence-electron chi connectivity index (χ3n) is 2.60. The third-order valence-corrected chi connectivity index (χ3v) is 3.07. The van der Waals surface area contributed by atoms with Crippen LogP contribution in [0.4, 0.5) is 11.4 Å². The molecule has 0 aliphatic carbocycles. The molecule has 2 rings (SSSR count). The first-order valence-corrected chi connectivity index (χ1v) is 6.04. The Kier molecular flexibility index (Phi) is 3.87. The quantitative estimate of drug-likeness (QED) is 0.617. The molecule has 0 aromatic heterocycles. The van der Waals surface area contributed by atoms with E-state index in [9.17, 15) is 20.2 Å². The Morgan fingerprint density at radius 1 is 0.750 bits per heavy atom. The Bertz CT molecular complexity index is 657. The zero-order valence-electron chi connectivity index (χ0n) is 9.75. The number of rotatable bonds is 3. The Balaban J connectivity index is 2.75. The van der Waals surface area contributed by atoms with E-state index in [-0.39, 0.29) is 32.5 Å². The summed E-state index contributed by atoms with van der Waals surface area (Å²) in [5.41, 5.74) is -0.378. The molecule has 2 aromatic rings. The molecule has 0 atom stereocenters. The Morgan fingerprint density at radius 3 is 1.40 bits per heavy atom. The monoisotopic (exact) mass is 312 g/mol. The second kappa shape index (κ2) is 5.44. The second-order valence-corrected chi connectivity index (χ2v) is 4.71. The average molecular weight is 313 g/mol. The fourth-order valence-corrected chi connectivity index (χ4v) is 2.10. The molecule has 0 fully saturated rings. The number of halogens is 2. The van der Waals surface area contributed by atoms with Crippen molar-refractivity contribution in [3.05, 3.63) is 66.7 Å². The van der Waals surface area contributed by atoms with E-state index in [1.807, 2.05) is 0 Å². The van der Waals surface area contributed by atoms with E-state index >= 15 is 0 Å². The van der Waals surface area contributed by atoms with Gasteiger partial charge in [0.25, 0.3) is 11.4 Å². The zero-order valence-corrected chi connectivity index (χ0v) is 11.3. The molecule has 0 N–H and O–H groups in total. The zero-order chi connectivity index (χ0) is 14.9. The van der Waals surface area contributed by atoms with Crippen LogP contribution < -0.4 is 0 Å². The van der Waals surface area contributed by atoms with Gasteiger partial charge in [-0.1, -0.05) is 23.2 Å². The predicted molar refractivity (Wildman–Crippen MR) is 75.2 cm³/mol. The van der Waals surface area contributed by atoms with Crippen molar-refractivity contribution in [2.24, 2.45) is 0 Å². The van der Waals surface area contributed by atoms with Crippen LogP contribution in [0.3, 0.4) is 0 Å². The lowest BCUT2D eigenvalue weighted by atomic mass is 10.0. The highest BCUT2D eigenvalue weighted by molar-refractivity contribution is 6.31. The smallest absolute Gasteiger partial charge is 0.258 e. The maximum atomic E-state index is 11.0. The molecule has 2 aromatic carbocycles. The minimum atomic E-state index is -0.639. The molecule has 8 heteroatoms. The van der Waals surface area contributed by atoms with Crippen molar-refractivity contribution in [3.63, 3.8) is 0 Å². The van der Waals surface area contributed by atoms with E-state index in [4.69, 9.17) is 23.2 Å². The molecule has 0 unspecified atom stereocenters. The average Bonchev–Trinajstić information content (AvgIpc) is 2.38. The molecule has 0 spiro atoms. The summed E-state index contributed by atoms with van der Waals surface area (Å²) in [4.78, 5) is 20.8.